The van der Waals surface area contributed by atoms with E-state index < -0.39 is 0 Å². The molecule has 3 heterocycles. The first kappa shape index (κ1) is 15.0. The molecule has 22 heavy (non-hydrogen) atoms. The lowest BCUT2D eigenvalue weighted by Crippen LogP contribution is -2.46. The second-order valence-corrected chi connectivity index (χ2v) is 5.80. The lowest BCUT2D eigenvalue weighted by atomic mass is 9.95. The minimum absolute atomic E-state index is 0.0145. The van der Waals surface area contributed by atoms with Gasteiger partial charge in [-0.3, -0.25) is 9.59 Å². The number of hydrogen-bond donors (Lipinski definition) is 1. The van der Waals surface area contributed by atoms with E-state index in [4.69, 9.17) is 9.26 Å². The first-order valence-electron chi connectivity index (χ1n) is 7.81. The maximum atomic E-state index is 12.2. The third-order valence-electron chi connectivity index (χ3n) is 4.31. The van der Waals surface area contributed by atoms with Crippen LogP contribution in [0.1, 0.15) is 31.4 Å². The molecule has 0 bridgehead atoms. The van der Waals surface area contributed by atoms with Gasteiger partial charge in [0, 0.05) is 31.7 Å². The molecule has 120 valence electrons. The summed E-state index contributed by atoms with van der Waals surface area (Å²) in [4.78, 5) is 26.2. The summed E-state index contributed by atoms with van der Waals surface area (Å²) >= 11 is 0. The van der Waals surface area contributed by atoms with Gasteiger partial charge in [-0.15, -0.1) is 0 Å². The number of carbonyl (C=O) groups is 2. The number of carbonyl (C=O) groups excluding carboxylic acids is 2. The Morgan fingerprint density at radius 2 is 2.14 bits per heavy atom. The van der Waals surface area contributed by atoms with Gasteiger partial charge < -0.3 is 19.5 Å². The number of ether oxygens (including phenoxy) is 1. The van der Waals surface area contributed by atoms with E-state index in [2.05, 4.69) is 10.5 Å². The van der Waals surface area contributed by atoms with Crippen LogP contribution in [0.2, 0.25) is 0 Å². The van der Waals surface area contributed by atoms with Crippen molar-refractivity contribution in [2.24, 2.45) is 5.92 Å². The second-order valence-electron chi connectivity index (χ2n) is 5.80. The summed E-state index contributed by atoms with van der Waals surface area (Å²) in [6, 6.07) is 1.73. The van der Waals surface area contributed by atoms with E-state index in [0.29, 0.717) is 44.8 Å². The van der Waals surface area contributed by atoms with Crippen molar-refractivity contribution in [3.8, 4) is 0 Å². The van der Waals surface area contributed by atoms with Crippen LogP contribution in [0.15, 0.2) is 16.8 Å². The van der Waals surface area contributed by atoms with Crippen LogP contribution in [0.5, 0.6) is 0 Å². The number of aromatic nitrogens is 1. The molecule has 0 saturated carbocycles. The number of nitrogens with one attached hydrogen (secondary N) is 1. The van der Waals surface area contributed by atoms with Crippen LogP contribution < -0.4 is 5.32 Å². The molecule has 7 nitrogen and oxygen atoms in total. The molecule has 2 saturated heterocycles. The Balaban J connectivity index is 1.42. The monoisotopic (exact) mass is 307 g/mol. The maximum absolute atomic E-state index is 12.2. The van der Waals surface area contributed by atoms with Gasteiger partial charge in [-0.25, -0.2) is 0 Å². The quantitative estimate of drug-likeness (QED) is 0.885. The lowest BCUT2D eigenvalue weighted by molar-refractivity contribution is -0.143. The Bertz CT molecular complexity index is 503. The lowest BCUT2D eigenvalue weighted by Gasteiger charge is -2.32. The maximum Gasteiger partial charge on any atom is 0.251 e. The number of nitrogens with zero attached hydrogens (tertiary/aromatic N) is 2. The van der Waals surface area contributed by atoms with Gasteiger partial charge in [-0.2, -0.15) is 0 Å². The van der Waals surface area contributed by atoms with Crippen LogP contribution in [0.4, 0.5) is 0 Å². The molecule has 1 N–H and O–H groups in total. The summed E-state index contributed by atoms with van der Waals surface area (Å²) in [7, 11) is 0. The highest BCUT2D eigenvalue weighted by Crippen LogP contribution is 2.21. The Labute approximate surface area is 129 Å². The SMILES string of the molecule is O=C(NCc1ccno1)C1CCN(C(=O)[C@H]2CCCO2)CC1. The van der Waals surface area contributed by atoms with Crippen molar-refractivity contribution >= 4 is 11.8 Å². The summed E-state index contributed by atoms with van der Waals surface area (Å²) in [6.07, 6.45) is 4.45. The van der Waals surface area contributed by atoms with Crippen LogP contribution in [0.3, 0.4) is 0 Å². The van der Waals surface area contributed by atoms with Crippen molar-refractivity contribution in [2.75, 3.05) is 19.7 Å². The number of piperidine rings is 1. The predicted molar refractivity (Wildman–Crippen MR) is 76.6 cm³/mol. The van der Waals surface area contributed by atoms with Crippen molar-refractivity contribution in [1.82, 2.24) is 15.4 Å². The molecule has 2 aliphatic rings. The number of hydrogen-bond acceptors (Lipinski definition) is 5. The molecule has 0 radical (unpaired) electrons. The van der Waals surface area contributed by atoms with Crippen molar-refractivity contribution in [1.29, 1.82) is 0 Å². The zero-order valence-electron chi connectivity index (χ0n) is 12.5. The fourth-order valence-electron chi connectivity index (χ4n) is 2.99. The molecule has 0 aliphatic carbocycles. The number of rotatable bonds is 4. The fraction of sp³-hybridized carbons (Fsp3) is 0.667. The van der Waals surface area contributed by atoms with Crippen molar-refractivity contribution < 1.29 is 18.8 Å². The highest BCUT2D eigenvalue weighted by molar-refractivity contribution is 5.82. The van der Waals surface area contributed by atoms with Gasteiger partial charge in [0.2, 0.25) is 5.91 Å². The van der Waals surface area contributed by atoms with E-state index in [0.717, 1.165) is 12.8 Å². The fourth-order valence-corrected chi connectivity index (χ4v) is 2.99. The predicted octanol–water partition coefficient (Wildman–Crippen LogP) is 0.708. The molecule has 1 aromatic heterocycles. The second kappa shape index (κ2) is 6.91. The van der Waals surface area contributed by atoms with Gasteiger partial charge in [0.1, 0.15) is 6.10 Å². The largest absolute Gasteiger partial charge is 0.368 e. The van der Waals surface area contributed by atoms with E-state index >= 15 is 0 Å². The standard InChI is InChI=1S/C15H21N3O4/c19-14(16-10-12-3-6-17-22-12)11-4-7-18(8-5-11)15(20)13-2-1-9-21-13/h3,6,11,13H,1-2,4-5,7-10H2,(H,16,19)/t13-/m1/s1. The molecule has 2 aliphatic heterocycles. The van der Waals surface area contributed by atoms with Gasteiger partial charge >= 0.3 is 0 Å². The Morgan fingerprint density at radius 3 is 2.77 bits per heavy atom. The highest BCUT2D eigenvalue weighted by atomic mass is 16.5. The van der Waals surface area contributed by atoms with Gasteiger partial charge in [0.15, 0.2) is 5.76 Å². The van der Waals surface area contributed by atoms with Crippen LogP contribution in [0, 0.1) is 5.92 Å². The summed E-state index contributed by atoms with van der Waals surface area (Å²) in [5, 5.41) is 6.45. The molecule has 2 amide bonds. The molecule has 1 atom stereocenters. The third-order valence-corrected chi connectivity index (χ3v) is 4.31. The van der Waals surface area contributed by atoms with Gasteiger partial charge in [0.25, 0.3) is 5.91 Å². The van der Waals surface area contributed by atoms with Crippen LogP contribution >= 0.6 is 0 Å². The summed E-state index contributed by atoms with van der Waals surface area (Å²) in [5.41, 5.74) is 0. The molecule has 7 heteroatoms. The Morgan fingerprint density at radius 1 is 1.32 bits per heavy atom. The van der Waals surface area contributed by atoms with Crippen molar-refractivity contribution in [3.05, 3.63) is 18.0 Å². The molecule has 0 unspecified atom stereocenters. The molecule has 1 aromatic rings. The first-order valence-corrected chi connectivity index (χ1v) is 7.81. The normalized spacial score (nSPS) is 22.7. The summed E-state index contributed by atoms with van der Waals surface area (Å²) < 4.78 is 10.4. The van der Waals surface area contributed by atoms with Gasteiger partial charge in [0.05, 0.1) is 12.7 Å². The average Bonchev–Trinajstić information content (AvgIpc) is 3.25. The first-order chi connectivity index (χ1) is 10.7. The number of amides is 2. The van der Waals surface area contributed by atoms with Crippen LogP contribution in [-0.2, 0) is 20.9 Å². The average molecular weight is 307 g/mol. The van der Waals surface area contributed by atoms with E-state index in [1.54, 1.807) is 12.3 Å². The summed E-state index contributed by atoms with van der Waals surface area (Å²) in [5.74, 6) is 0.689. The van der Waals surface area contributed by atoms with Crippen molar-refractivity contribution in [3.63, 3.8) is 0 Å². The summed E-state index contributed by atoms with van der Waals surface area (Å²) in [6.45, 7) is 2.28. The third kappa shape index (κ3) is 3.47. The minimum atomic E-state index is -0.267. The molecule has 3 rings (SSSR count). The van der Waals surface area contributed by atoms with Crippen LogP contribution in [0.25, 0.3) is 0 Å². The van der Waals surface area contributed by atoms with Crippen molar-refractivity contribution in [2.45, 2.75) is 38.3 Å². The van der Waals surface area contributed by atoms with E-state index in [-0.39, 0.29) is 23.8 Å². The van der Waals surface area contributed by atoms with E-state index in [1.165, 1.54) is 0 Å². The molecule has 0 spiro atoms. The molecule has 0 aromatic carbocycles. The zero-order chi connectivity index (χ0) is 15.4. The Hall–Kier alpha value is -1.89. The smallest absolute Gasteiger partial charge is 0.251 e. The molecule has 2 fully saturated rings. The molecular formula is C15H21N3O4. The van der Waals surface area contributed by atoms with E-state index in [1.807, 2.05) is 4.90 Å². The minimum Gasteiger partial charge on any atom is -0.368 e. The highest BCUT2D eigenvalue weighted by Gasteiger charge is 2.32. The van der Waals surface area contributed by atoms with Crippen LogP contribution in [-0.4, -0.2) is 47.7 Å². The zero-order valence-corrected chi connectivity index (χ0v) is 12.5. The van der Waals surface area contributed by atoms with Gasteiger partial charge in [-0.1, -0.05) is 5.16 Å². The van der Waals surface area contributed by atoms with E-state index in [9.17, 15) is 9.59 Å². The number of likely N-dealkylation sites (tertiary alicyclic amines) is 1. The molecular weight excluding hydrogens is 286 g/mol. The van der Waals surface area contributed by atoms with Gasteiger partial charge in [-0.05, 0) is 25.7 Å². The topological polar surface area (TPSA) is 84.7 Å². The Kier molecular flexibility index (Phi) is 4.72.